The van der Waals surface area contributed by atoms with Crippen LogP contribution >= 0.6 is 0 Å². The predicted octanol–water partition coefficient (Wildman–Crippen LogP) is 10.8. The number of rotatable bonds is 3. The molecule has 0 spiro atoms. The minimum Gasteiger partial charge on any atom is -0.207 e. The zero-order valence-electron chi connectivity index (χ0n) is 23.9. The molecule has 0 atom stereocenters. The van der Waals surface area contributed by atoms with E-state index in [1.165, 1.54) is 27.8 Å². The van der Waals surface area contributed by atoms with E-state index >= 15 is 0 Å². The van der Waals surface area contributed by atoms with Crippen LogP contribution in [0.2, 0.25) is 0 Å². The van der Waals surface area contributed by atoms with Gasteiger partial charge in [0, 0.05) is 0 Å². The smallest absolute Gasteiger partial charge is 0.123 e. The third-order valence-corrected chi connectivity index (χ3v) is 5.50. The predicted molar refractivity (Wildman–Crippen MR) is 157 cm³/mol. The van der Waals surface area contributed by atoms with Crippen LogP contribution in [0.15, 0.2) is 73.8 Å². The lowest BCUT2D eigenvalue weighted by molar-refractivity contribution is 0.625. The second kappa shape index (κ2) is 16.7. The average molecular weight is 475 g/mol. The topological polar surface area (TPSA) is 0 Å². The maximum atomic E-state index is 12.9. The maximum absolute atomic E-state index is 12.9. The second-order valence-corrected chi connectivity index (χ2v) is 9.45. The van der Waals surface area contributed by atoms with Crippen LogP contribution in [0.5, 0.6) is 0 Å². The molecule has 0 N–H and O–H groups in total. The Morgan fingerprint density at radius 1 is 0.800 bits per heavy atom. The second-order valence-electron chi connectivity index (χ2n) is 9.45. The Kier molecular flexibility index (Phi) is 15.3. The summed E-state index contributed by atoms with van der Waals surface area (Å²) < 4.78 is 12.9. The van der Waals surface area contributed by atoms with Gasteiger partial charge in [-0.15, -0.1) is 6.58 Å². The molecule has 0 fully saturated rings. The fourth-order valence-electron chi connectivity index (χ4n) is 3.93. The first-order valence-corrected chi connectivity index (χ1v) is 12.5. The number of halogens is 1. The van der Waals surface area contributed by atoms with Gasteiger partial charge in [0.1, 0.15) is 5.82 Å². The molecule has 0 bridgehead atoms. The van der Waals surface area contributed by atoms with E-state index in [0.29, 0.717) is 5.92 Å². The third kappa shape index (κ3) is 12.4. The maximum Gasteiger partial charge on any atom is 0.123 e. The zero-order chi connectivity index (χ0) is 27.1. The van der Waals surface area contributed by atoms with Crippen LogP contribution in [0.25, 0.3) is 5.57 Å². The van der Waals surface area contributed by atoms with Gasteiger partial charge in [-0.1, -0.05) is 92.6 Å². The van der Waals surface area contributed by atoms with E-state index in [-0.39, 0.29) is 5.82 Å². The molecule has 0 aliphatic carbocycles. The molecular weight excluding hydrogens is 427 g/mol. The van der Waals surface area contributed by atoms with E-state index < -0.39 is 0 Å². The van der Waals surface area contributed by atoms with Crippen LogP contribution in [0.4, 0.5) is 4.39 Å². The normalized spacial score (nSPS) is 9.60. The highest BCUT2D eigenvalue weighted by Crippen LogP contribution is 2.24. The van der Waals surface area contributed by atoms with Crippen molar-refractivity contribution in [2.45, 2.75) is 81.6 Å². The van der Waals surface area contributed by atoms with Crippen molar-refractivity contribution in [3.05, 3.63) is 124 Å². The summed E-state index contributed by atoms with van der Waals surface area (Å²) in [5.74, 6) is 0.484. The molecule has 0 aliphatic heterocycles. The molecule has 0 saturated carbocycles. The zero-order valence-corrected chi connectivity index (χ0v) is 23.9. The molecule has 0 nitrogen and oxygen atoms in total. The Labute approximate surface area is 215 Å². The van der Waals surface area contributed by atoms with Crippen molar-refractivity contribution in [1.29, 1.82) is 0 Å². The molecule has 35 heavy (non-hydrogen) atoms. The molecule has 190 valence electrons. The minimum atomic E-state index is -0.164. The van der Waals surface area contributed by atoms with Crippen molar-refractivity contribution in [3.63, 3.8) is 0 Å². The monoisotopic (exact) mass is 474 g/mol. The molecule has 3 aromatic rings. The third-order valence-electron chi connectivity index (χ3n) is 5.50. The molecule has 0 amide bonds. The molecule has 3 rings (SSSR count). The first kappa shape index (κ1) is 32.1. The van der Waals surface area contributed by atoms with Gasteiger partial charge in [0.05, 0.1) is 0 Å². The van der Waals surface area contributed by atoms with Crippen LogP contribution < -0.4 is 0 Å². The van der Waals surface area contributed by atoms with E-state index in [9.17, 15) is 4.39 Å². The number of allylic oxidation sites excluding steroid dienone is 2. The Hall–Kier alpha value is -2.93. The number of hydrogen-bond acceptors (Lipinski definition) is 0. The van der Waals surface area contributed by atoms with Crippen LogP contribution in [-0.2, 0) is 0 Å². The van der Waals surface area contributed by atoms with Gasteiger partial charge < -0.3 is 0 Å². The van der Waals surface area contributed by atoms with Crippen LogP contribution in [0.3, 0.4) is 0 Å². The van der Waals surface area contributed by atoms with Crippen molar-refractivity contribution >= 4 is 5.57 Å². The molecule has 0 radical (unpaired) electrons. The van der Waals surface area contributed by atoms with Gasteiger partial charge in [0.2, 0.25) is 0 Å². The van der Waals surface area contributed by atoms with E-state index in [0.717, 1.165) is 28.7 Å². The highest BCUT2D eigenvalue weighted by atomic mass is 19.1. The van der Waals surface area contributed by atoms with Gasteiger partial charge in [0.25, 0.3) is 0 Å². The lowest BCUT2D eigenvalue weighted by Crippen LogP contribution is -1.93. The van der Waals surface area contributed by atoms with Gasteiger partial charge in [-0.05, 0) is 106 Å². The molecule has 3 aromatic carbocycles. The van der Waals surface area contributed by atoms with Crippen LogP contribution in [0, 0.1) is 47.4 Å². The first-order valence-electron chi connectivity index (χ1n) is 12.5. The van der Waals surface area contributed by atoms with Crippen LogP contribution in [0.1, 0.15) is 84.5 Å². The van der Waals surface area contributed by atoms with Crippen molar-refractivity contribution in [2.75, 3.05) is 0 Å². The molecule has 0 heterocycles. The van der Waals surface area contributed by atoms with Gasteiger partial charge in [-0.25, -0.2) is 4.39 Å². The summed E-state index contributed by atoms with van der Waals surface area (Å²) in [4.78, 5) is 0. The summed E-state index contributed by atoms with van der Waals surface area (Å²) in [6.07, 6.45) is 2.66. The van der Waals surface area contributed by atoms with Crippen LogP contribution in [-0.4, -0.2) is 0 Å². The van der Waals surface area contributed by atoms with E-state index in [1.54, 1.807) is 18.2 Å². The summed E-state index contributed by atoms with van der Waals surface area (Å²) in [7, 11) is 0. The fourth-order valence-corrected chi connectivity index (χ4v) is 3.93. The largest absolute Gasteiger partial charge is 0.207 e. The Morgan fingerprint density at radius 2 is 1.26 bits per heavy atom. The van der Waals surface area contributed by atoms with Gasteiger partial charge in [-0.2, -0.15) is 0 Å². The summed E-state index contributed by atoms with van der Waals surface area (Å²) >= 11 is 0. The van der Waals surface area contributed by atoms with Gasteiger partial charge >= 0.3 is 0 Å². The molecule has 0 saturated heterocycles. The number of hydrogen-bond donors (Lipinski definition) is 0. The van der Waals surface area contributed by atoms with Crippen molar-refractivity contribution < 1.29 is 4.39 Å². The highest BCUT2D eigenvalue weighted by molar-refractivity contribution is 5.68. The summed E-state index contributed by atoms with van der Waals surface area (Å²) in [6.45, 7) is 28.1. The molecule has 1 heteroatoms. The molecule has 0 unspecified atom stereocenters. The Balaban J connectivity index is 0.000000479. The fraction of sp³-hybridized carbons (Fsp3) is 0.353. The lowest BCUT2D eigenvalue weighted by atomic mass is 9.95. The number of aryl methyl sites for hydroxylation is 6. The average Bonchev–Trinajstić information content (AvgIpc) is 2.74. The summed E-state index contributed by atoms with van der Waals surface area (Å²) in [6, 6.07) is 18.2. The first-order chi connectivity index (χ1) is 16.4. The highest BCUT2D eigenvalue weighted by Gasteiger charge is 2.06. The summed E-state index contributed by atoms with van der Waals surface area (Å²) in [5, 5.41) is 0. The standard InChI is InChI=1S/C12H15F.C11H16.C8H10.C3H6/c1-5-8(2)12-9(3)6-11(13)7-10(12)4;1-8(2)11-6-5-9(3)7-10(11)4;1-7-4-3-5-8(2)6-7;1-3-2/h6-7H,2,5H2,1,3-4H3;5-8H,1-4H3;3-6H,1-2H3;3H,1H2,2H3. The molecular formula is C34H47F. The quantitative estimate of drug-likeness (QED) is 0.331. The molecule has 0 aromatic heterocycles. The summed E-state index contributed by atoms with van der Waals surface area (Å²) in [5.41, 5.74) is 11.1. The minimum absolute atomic E-state index is 0.164. The Morgan fingerprint density at radius 3 is 1.60 bits per heavy atom. The van der Waals surface area contributed by atoms with Crippen molar-refractivity contribution in [3.8, 4) is 0 Å². The van der Waals surface area contributed by atoms with Crippen molar-refractivity contribution in [2.24, 2.45) is 0 Å². The van der Waals surface area contributed by atoms with Gasteiger partial charge in [0.15, 0.2) is 0 Å². The van der Waals surface area contributed by atoms with E-state index in [2.05, 4.69) is 104 Å². The Bertz CT molecular complexity index is 1030. The van der Waals surface area contributed by atoms with E-state index in [4.69, 9.17) is 0 Å². The number of benzene rings is 3. The lowest BCUT2D eigenvalue weighted by Gasteiger charge is -2.11. The SMILES string of the molecule is C=C(CC)c1c(C)cc(F)cc1C.C=CC.Cc1ccc(C(C)C)c(C)c1.Cc1cccc(C)c1. The van der Waals surface area contributed by atoms with E-state index in [1.807, 2.05) is 20.8 Å². The van der Waals surface area contributed by atoms with Gasteiger partial charge in [-0.3, -0.25) is 0 Å². The molecule has 0 aliphatic rings. The van der Waals surface area contributed by atoms with Crippen molar-refractivity contribution in [1.82, 2.24) is 0 Å².